The van der Waals surface area contributed by atoms with E-state index in [1.165, 1.54) is 104 Å². The Labute approximate surface area is 390 Å². The van der Waals surface area contributed by atoms with Crippen molar-refractivity contribution in [1.82, 2.24) is 0 Å². The highest BCUT2D eigenvalue weighted by Gasteiger charge is 2.63. The smallest absolute Gasteiger partial charge is 0.137 e. The molecule has 1 heterocycles. The van der Waals surface area contributed by atoms with Gasteiger partial charge in [0.2, 0.25) is 0 Å². The summed E-state index contributed by atoms with van der Waals surface area (Å²) in [6.07, 6.45) is 6.59. The van der Waals surface area contributed by atoms with E-state index in [9.17, 15) is 0 Å². The summed E-state index contributed by atoms with van der Waals surface area (Å²) in [5.41, 5.74) is 14.6. The van der Waals surface area contributed by atoms with Crippen LogP contribution in [0.2, 0.25) is 0 Å². The summed E-state index contributed by atoms with van der Waals surface area (Å²) >= 11 is 0. The van der Waals surface area contributed by atoms with Crippen molar-refractivity contribution in [2.45, 2.75) is 37.5 Å². The summed E-state index contributed by atoms with van der Waals surface area (Å²) in [6.45, 7) is 0. The Bertz CT molecular complexity index is 3760. The third-order valence-electron chi connectivity index (χ3n) is 16.7. The molecule has 3 heteroatoms. The van der Waals surface area contributed by atoms with Crippen LogP contribution in [-0.4, -0.2) is 0 Å². The summed E-state index contributed by atoms with van der Waals surface area (Å²) in [4.78, 5) is 4.96. The number of nitrogens with zero attached hydrogens (tertiary/aromatic N) is 2. The Morgan fingerprint density at radius 2 is 0.896 bits per heavy atom. The van der Waals surface area contributed by atoms with Crippen molar-refractivity contribution in [3.63, 3.8) is 0 Å². The average molecular weight is 861 g/mol. The lowest BCUT2D eigenvalue weighted by atomic mass is 9.43. The number of para-hydroxylation sites is 2. The van der Waals surface area contributed by atoms with Crippen LogP contribution >= 0.6 is 0 Å². The summed E-state index contributed by atoms with van der Waals surface area (Å²) < 4.78 is 7.20. The molecule has 0 N–H and O–H groups in total. The predicted molar refractivity (Wildman–Crippen MR) is 279 cm³/mol. The zero-order valence-corrected chi connectivity index (χ0v) is 37.3. The third kappa shape index (κ3) is 5.46. The highest BCUT2D eigenvalue weighted by atomic mass is 16.3. The average Bonchev–Trinajstić information content (AvgIpc) is 3.88. The SMILES string of the molecule is c1ccc(N(c2ccc3ccccc3c2)c2ccc3c(c2)oc2cc4c(cc23)-c2c(c(N(c3ccccc3)c3ccc5ccccc5c3)cc3ccccc23)C42C3CC4CC(C3)CC2C4)cc1. The first-order chi connectivity index (χ1) is 33.2. The van der Waals surface area contributed by atoms with E-state index in [1.54, 1.807) is 5.56 Å². The van der Waals surface area contributed by atoms with E-state index in [-0.39, 0.29) is 5.41 Å². The van der Waals surface area contributed by atoms with Crippen LogP contribution in [0.3, 0.4) is 0 Å². The van der Waals surface area contributed by atoms with Crippen LogP contribution in [0.25, 0.3) is 65.4 Å². The third-order valence-corrected chi connectivity index (χ3v) is 16.7. The highest BCUT2D eigenvalue weighted by Crippen LogP contribution is 2.72. The molecule has 3 nitrogen and oxygen atoms in total. The fraction of sp³-hybridized carbons (Fsp3) is 0.156. The Morgan fingerprint density at radius 3 is 1.55 bits per heavy atom. The number of hydrogen-bond donors (Lipinski definition) is 0. The molecule has 5 aliphatic rings. The van der Waals surface area contributed by atoms with Gasteiger partial charge in [-0.1, -0.05) is 121 Å². The van der Waals surface area contributed by atoms with E-state index in [2.05, 4.69) is 216 Å². The molecule has 16 rings (SSSR count). The van der Waals surface area contributed by atoms with Crippen LogP contribution in [0.5, 0.6) is 0 Å². The van der Waals surface area contributed by atoms with Crippen LogP contribution in [-0.2, 0) is 5.41 Å². The minimum absolute atomic E-state index is 0.139. The van der Waals surface area contributed by atoms with Crippen molar-refractivity contribution in [2.24, 2.45) is 23.7 Å². The van der Waals surface area contributed by atoms with Gasteiger partial charge in [-0.15, -0.1) is 0 Å². The van der Waals surface area contributed by atoms with Gasteiger partial charge in [-0.05, 0) is 189 Å². The van der Waals surface area contributed by atoms with Crippen molar-refractivity contribution in [3.05, 3.63) is 217 Å². The lowest BCUT2D eigenvalue weighted by molar-refractivity contribution is -0.0396. The number of rotatable bonds is 6. The van der Waals surface area contributed by atoms with Gasteiger partial charge in [0, 0.05) is 50.7 Å². The molecule has 4 fully saturated rings. The van der Waals surface area contributed by atoms with E-state index >= 15 is 0 Å². The molecule has 0 unspecified atom stereocenters. The largest absolute Gasteiger partial charge is 0.456 e. The molecule has 5 aliphatic carbocycles. The van der Waals surface area contributed by atoms with Gasteiger partial charge in [0.05, 0.1) is 5.69 Å². The van der Waals surface area contributed by atoms with Gasteiger partial charge in [0.15, 0.2) is 0 Å². The maximum Gasteiger partial charge on any atom is 0.137 e. The molecule has 1 aromatic heterocycles. The number of furan rings is 1. The summed E-state index contributed by atoms with van der Waals surface area (Å²) in [6, 6.07) is 76.8. The first-order valence-corrected chi connectivity index (χ1v) is 24.4. The first kappa shape index (κ1) is 37.6. The van der Waals surface area contributed by atoms with Crippen molar-refractivity contribution in [1.29, 1.82) is 0 Å². The van der Waals surface area contributed by atoms with E-state index in [0.717, 1.165) is 45.5 Å². The van der Waals surface area contributed by atoms with Gasteiger partial charge < -0.3 is 14.2 Å². The molecular weight excluding hydrogens is 813 g/mol. The number of fused-ring (bicyclic) bond motifs is 10. The topological polar surface area (TPSA) is 19.6 Å². The van der Waals surface area contributed by atoms with Crippen molar-refractivity contribution >= 4 is 88.4 Å². The number of benzene rings is 10. The van der Waals surface area contributed by atoms with Crippen molar-refractivity contribution in [3.8, 4) is 11.1 Å². The molecule has 11 aromatic rings. The Morgan fingerprint density at radius 1 is 0.373 bits per heavy atom. The van der Waals surface area contributed by atoms with E-state index in [4.69, 9.17) is 4.42 Å². The van der Waals surface area contributed by atoms with Crippen LogP contribution in [0, 0.1) is 23.7 Å². The standard InChI is InChI=1S/C64H48N2O/c1-3-18-49(19-4-1)65(51-25-23-42-13-7-9-15-44(42)34-51)53-27-28-55-56-38-57-58(39-61(56)67-60(55)37-53)64(47-30-40-29-41(32-47)33-48(64)31-40)63-59(36-46-17-11-12-22-54(46)62(57)63)66(50-20-5-2-6-21-50)52-26-24-43-14-8-10-16-45(43)35-52/h1-28,34-41,47-48H,29-33H2. The van der Waals surface area contributed by atoms with Crippen molar-refractivity contribution < 1.29 is 4.42 Å². The second-order valence-corrected chi connectivity index (χ2v) is 20.1. The molecule has 4 bridgehead atoms. The second-order valence-electron chi connectivity index (χ2n) is 20.1. The van der Waals surface area contributed by atoms with Gasteiger partial charge in [0.25, 0.3) is 0 Å². The van der Waals surface area contributed by atoms with Crippen LogP contribution in [0.15, 0.2) is 211 Å². The van der Waals surface area contributed by atoms with Crippen LogP contribution in [0.1, 0.15) is 43.2 Å². The normalized spacial score (nSPS) is 21.2. The van der Waals surface area contributed by atoms with Crippen LogP contribution in [0.4, 0.5) is 34.1 Å². The molecule has 0 radical (unpaired) electrons. The molecular formula is C64H48N2O. The minimum Gasteiger partial charge on any atom is -0.456 e. The van der Waals surface area contributed by atoms with Crippen LogP contribution < -0.4 is 9.80 Å². The maximum atomic E-state index is 7.20. The molecule has 0 atom stereocenters. The van der Waals surface area contributed by atoms with Gasteiger partial charge in [-0.25, -0.2) is 0 Å². The lowest BCUT2D eigenvalue weighted by Gasteiger charge is -2.61. The molecule has 1 spiro atoms. The predicted octanol–water partition coefficient (Wildman–Crippen LogP) is 17.7. The molecule has 0 amide bonds. The highest BCUT2D eigenvalue weighted by molar-refractivity contribution is 6.13. The van der Waals surface area contributed by atoms with E-state index in [1.807, 2.05) is 0 Å². The second kappa shape index (κ2) is 14.2. The fourth-order valence-electron chi connectivity index (χ4n) is 14.3. The monoisotopic (exact) mass is 860 g/mol. The maximum absolute atomic E-state index is 7.20. The zero-order valence-electron chi connectivity index (χ0n) is 37.3. The summed E-state index contributed by atoms with van der Waals surface area (Å²) in [7, 11) is 0. The fourth-order valence-corrected chi connectivity index (χ4v) is 14.3. The first-order valence-electron chi connectivity index (χ1n) is 24.4. The van der Waals surface area contributed by atoms with E-state index in [0.29, 0.717) is 11.8 Å². The van der Waals surface area contributed by atoms with Crippen molar-refractivity contribution in [2.75, 3.05) is 9.80 Å². The molecule has 4 saturated carbocycles. The quantitative estimate of drug-likeness (QED) is 0.166. The molecule has 10 aromatic carbocycles. The van der Waals surface area contributed by atoms with Gasteiger partial charge in [-0.3, -0.25) is 0 Å². The summed E-state index contributed by atoms with van der Waals surface area (Å²) in [5.74, 6) is 2.76. The van der Waals surface area contributed by atoms with Gasteiger partial charge >= 0.3 is 0 Å². The number of hydrogen-bond acceptors (Lipinski definition) is 3. The van der Waals surface area contributed by atoms with Gasteiger partial charge in [0.1, 0.15) is 11.2 Å². The minimum atomic E-state index is -0.139. The van der Waals surface area contributed by atoms with Gasteiger partial charge in [-0.2, -0.15) is 0 Å². The molecule has 0 aliphatic heterocycles. The molecule has 0 saturated heterocycles. The zero-order chi connectivity index (χ0) is 43.8. The number of anilines is 6. The Kier molecular flexibility index (Phi) is 7.96. The van der Waals surface area contributed by atoms with E-state index < -0.39 is 0 Å². The molecule has 67 heavy (non-hydrogen) atoms. The lowest BCUT2D eigenvalue weighted by Crippen LogP contribution is -2.55. The Hall–Kier alpha value is -7.62. The summed E-state index contributed by atoms with van der Waals surface area (Å²) in [5, 5.41) is 9.95. The Balaban J connectivity index is 0.986. The molecule has 320 valence electrons.